The Hall–Kier alpha value is -3.35. The predicted octanol–water partition coefficient (Wildman–Crippen LogP) is 2.89. The number of hydrogen-bond acceptors (Lipinski definition) is 6. The molecule has 0 saturated carbocycles. The van der Waals surface area contributed by atoms with Gasteiger partial charge in [-0.1, -0.05) is 18.2 Å². The van der Waals surface area contributed by atoms with Crippen LogP contribution in [-0.4, -0.2) is 42.5 Å². The first-order valence-corrected chi connectivity index (χ1v) is 9.52. The molecule has 0 fully saturated rings. The van der Waals surface area contributed by atoms with Crippen LogP contribution in [0, 0.1) is 0 Å². The highest BCUT2D eigenvalue weighted by Crippen LogP contribution is 2.28. The highest BCUT2D eigenvalue weighted by atomic mass is 16.5. The largest absolute Gasteiger partial charge is 0.504 e. The number of nitrogens with zero attached hydrogens (tertiary/aromatic N) is 1. The topological polar surface area (TPSA) is 93.1 Å². The fourth-order valence-electron chi connectivity index (χ4n) is 3.21. The summed E-state index contributed by atoms with van der Waals surface area (Å²) in [5.74, 6) is -0.998. The van der Waals surface area contributed by atoms with Crippen LogP contribution < -0.4 is 9.64 Å². The molecule has 3 rings (SSSR count). The Labute approximate surface area is 168 Å². The van der Waals surface area contributed by atoms with Gasteiger partial charge in [0.05, 0.1) is 13.0 Å². The summed E-state index contributed by atoms with van der Waals surface area (Å²) in [5.41, 5.74) is 2.28. The molecular weight excluding hydrogens is 374 g/mol. The second kappa shape index (κ2) is 9.23. The van der Waals surface area contributed by atoms with Crippen molar-refractivity contribution in [2.24, 2.45) is 0 Å². The molecule has 0 saturated heterocycles. The van der Waals surface area contributed by atoms with Crippen molar-refractivity contribution < 1.29 is 29.0 Å². The highest BCUT2D eigenvalue weighted by molar-refractivity contribution is 5.99. The molecule has 0 aromatic heterocycles. The minimum absolute atomic E-state index is 0.0511. The Kier molecular flexibility index (Phi) is 6.49. The minimum Gasteiger partial charge on any atom is -0.504 e. The van der Waals surface area contributed by atoms with Gasteiger partial charge in [-0.2, -0.15) is 0 Å². The van der Waals surface area contributed by atoms with E-state index in [1.165, 1.54) is 18.2 Å². The number of rotatable bonds is 8. The summed E-state index contributed by atoms with van der Waals surface area (Å²) in [4.78, 5) is 38.2. The van der Waals surface area contributed by atoms with Crippen LogP contribution in [0.2, 0.25) is 0 Å². The van der Waals surface area contributed by atoms with E-state index in [0.29, 0.717) is 18.7 Å². The van der Waals surface area contributed by atoms with E-state index in [1.807, 2.05) is 24.3 Å². The molecule has 2 aromatic carbocycles. The lowest BCUT2D eigenvalue weighted by molar-refractivity contribution is -0.147. The number of amides is 1. The lowest BCUT2D eigenvalue weighted by Gasteiger charge is -2.17. The summed E-state index contributed by atoms with van der Waals surface area (Å²) in [6, 6.07) is 11.9. The van der Waals surface area contributed by atoms with Crippen LogP contribution in [0.15, 0.2) is 42.5 Å². The van der Waals surface area contributed by atoms with Gasteiger partial charge in [-0.25, -0.2) is 0 Å². The Morgan fingerprint density at radius 2 is 1.90 bits per heavy atom. The molecule has 1 amide bonds. The Balaban J connectivity index is 1.47. The van der Waals surface area contributed by atoms with E-state index in [1.54, 1.807) is 11.8 Å². The molecule has 7 nitrogen and oxygen atoms in total. The van der Waals surface area contributed by atoms with Crippen molar-refractivity contribution in [3.8, 4) is 11.5 Å². The summed E-state index contributed by atoms with van der Waals surface area (Å²) in [5, 5.41) is 9.69. The summed E-state index contributed by atoms with van der Waals surface area (Å²) in [7, 11) is 0. The van der Waals surface area contributed by atoms with Crippen molar-refractivity contribution in [3.63, 3.8) is 0 Å². The average Bonchev–Trinajstić information content (AvgIpc) is 3.16. The summed E-state index contributed by atoms with van der Waals surface area (Å²) >= 11 is 0. The number of aromatic hydroxyl groups is 1. The maximum Gasteiger partial charge on any atom is 0.306 e. The molecule has 0 aliphatic carbocycles. The van der Waals surface area contributed by atoms with Crippen molar-refractivity contribution in [1.82, 2.24) is 0 Å². The van der Waals surface area contributed by atoms with Gasteiger partial charge < -0.3 is 19.5 Å². The molecule has 1 N–H and O–H groups in total. The fourth-order valence-corrected chi connectivity index (χ4v) is 3.21. The van der Waals surface area contributed by atoms with Crippen LogP contribution in [0.1, 0.15) is 35.7 Å². The molecule has 1 heterocycles. The van der Waals surface area contributed by atoms with Crippen molar-refractivity contribution in [2.75, 3.05) is 24.7 Å². The van der Waals surface area contributed by atoms with Gasteiger partial charge in [0.15, 0.2) is 23.9 Å². The molecule has 0 spiro atoms. The maximum atomic E-state index is 12.3. The Morgan fingerprint density at radius 3 is 2.69 bits per heavy atom. The number of ether oxygens (including phenoxy) is 2. The summed E-state index contributed by atoms with van der Waals surface area (Å²) in [6.45, 7) is 2.34. The van der Waals surface area contributed by atoms with Crippen molar-refractivity contribution >= 4 is 23.3 Å². The fraction of sp³-hybridized carbons (Fsp3) is 0.318. The van der Waals surface area contributed by atoms with Gasteiger partial charge in [0.1, 0.15) is 0 Å². The first-order chi connectivity index (χ1) is 14.0. The normalized spacial score (nSPS) is 12.4. The molecule has 0 unspecified atom stereocenters. The zero-order valence-corrected chi connectivity index (χ0v) is 16.2. The predicted molar refractivity (Wildman–Crippen MR) is 106 cm³/mol. The number of ketones is 1. The number of benzene rings is 2. The molecule has 2 aromatic rings. The van der Waals surface area contributed by atoms with Gasteiger partial charge >= 0.3 is 5.97 Å². The third-order valence-electron chi connectivity index (χ3n) is 4.68. The molecule has 0 bridgehead atoms. The second-order valence-corrected chi connectivity index (χ2v) is 6.62. The summed E-state index contributed by atoms with van der Waals surface area (Å²) < 4.78 is 10.3. The number of carbonyl (C=O) groups excluding carboxylic acids is 3. The van der Waals surface area contributed by atoms with Crippen molar-refractivity contribution in [2.45, 2.75) is 26.2 Å². The lowest BCUT2D eigenvalue weighted by atomic mass is 10.1. The molecule has 152 valence electrons. The number of hydrogen-bond donors (Lipinski definition) is 1. The summed E-state index contributed by atoms with van der Waals surface area (Å²) in [6.07, 6.45) is 0.587. The number of carbonyl (C=O) groups is 3. The van der Waals surface area contributed by atoms with E-state index in [9.17, 15) is 19.5 Å². The van der Waals surface area contributed by atoms with Crippen molar-refractivity contribution in [1.29, 1.82) is 0 Å². The van der Waals surface area contributed by atoms with Crippen LogP contribution in [0.4, 0.5) is 5.69 Å². The van der Waals surface area contributed by atoms with E-state index in [-0.39, 0.29) is 42.6 Å². The smallest absolute Gasteiger partial charge is 0.306 e. The van der Waals surface area contributed by atoms with Gasteiger partial charge in [-0.15, -0.1) is 0 Å². The van der Waals surface area contributed by atoms with Crippen LogP contribution in [0.25, 0.3) is 0 Å². The lowest BCUT2D eigenvalue weighted by Crippen LogP contribution is -2.33. The molecule has 1 aliphatic rings. The van der Waals surface area contributed by atoms with E-state index in [2.05, 4.69) is 0 Å². The van der Waals surface area contributed by atoms with Gasteiger partial charge in [0, 0.05) is 24.2 Å². The number of fused-ring (bicyclic) bond motifs is 1. The third-order valence-corrected chi connectivity index (χ3v) is 4.68. The van der Waals surface area contributed by atoms with E-state index in [0.717, 1.165) is 17.7 Å². The van der Waals surface area contributed by atoms with Crippen LogP contribution >= 0.6 is 0 Å². The maximum absolute atomic E-state index is 12.3. The molecular formula is C22H23NO6. The van der Waals surface area contributed by atoms with Crippen LogP contribution in [-0.2, 0) is 20.7 Å². The first-order valence-electron chi connectivity index (χ1n) is 9.52. The zero-order chi connectivity index (χ0) is 20.8. The van der Waals surface area contributed by atoms with E-state index >= 15 is 0 Å². The van der Waals surface area contributed by atoms with Crippen LogP contribution in [0.5, 0.6) is 11.5 Å². The van der Waals surface area contributed by atoms with Gasteiger partial charge in [-0.3, -0.25) is 14.4 Å². The SMILES string of the molecule is CCOc1cc(C(=O)CCC(=O)OCC(=O)N2CCc3ccccc32)ccc1O. The number of phenolic OH excluding ortho intramolecular Hbond substituents is 1. The quantitative estimate of drug-likeness (QED) is 0.544. The van der Waals surface area contributed by atoms with Gasteiger partial charge in [0.2, 0.25) is 0 Å². The van der Waals surface area contributed by atoms with Gasteiger partial charge in [-0.05, 0) is 43.2 Å². The number of esters is 1. The zero-order valence-electron chi connectivity index (χ0n) is 16.2. The van der Waals surface area contributed by atoms with E-state index < -0.39 is 5.97 Å². The molecule has 0 atom stereocenters. The molecule has 29 heavy (non-hydrogen) atoms. The average molecular weight is 397 g/mol. The third kappa shape index (κ3) is 4.93. The van der Waals surface area contributed by atoms with Crippen LogP contribution in [0.3, 0.4) is 0 Å². The second-order valence-electron chi connectivity index (χ2n) is 6.62. The molecule has 1 aliphatic heterocycles. The van der Waals surface area contributed by atoms with E-state index in [4.69, 9.17) is 9.47 Å². The highest BCUT2D eigenvalue weighted by Gasteiger charge is 2.25. The first kappa shape index (κ1) is 20.4. The number of anilines is 1. The van der Waals surface area contributed by atoms with Gasteiger partial charge in [0.25, 0.3) is 5.91 Å². The minimum atomic E-state index is -0.608. The molecule has 0 radical (unpaired) electrons. The molecule has 7 heteroatoms. The Bertz CT molecular complexity index is 923. The number of Topliss-reactive ketones (excluding diaryl/α,β-unsaturated/α-hetero) is 1. The monoisotopic (exact) mass is 397 g/mol. The standard InChI is InChI=1S/C22H23NO6/c1-2-28-20-13-16(7-8-19(20)25)18(24)9-10-22(27)29-14-21(26)23-12-11-15-5-3-4-6-17(15)23/h3-8,13,25H,2,9-12,14H2,1H3. The number of phenols is 1. The number of para-hydroxylation sites is 1. The Morgan fingerprint density at radius 1 is 1.10 bits per heavy atom. The van der Waals surface area contributed by atoms with Crippen molar-refractivity contribution in [3.05, 3.63) is 53.6 Å².